The Balaban J connectivity index is 1.70. The molecule has 0 unspecified atom stereocenters. The molecule has 1 aromatic heterocycles. The van der Waals surface area contributed by atoms with Crippen molar-refractivity contribution in [1.82, 2.24) is 14.8 Å². The van der Waals surface area contributed by atoms with Crippen LogP contribution in [0.1, 0.15) is 31.0 Å². The summed E-state index contributed by atoms with van der Waals surface area (Å²) in [5, 5.41) is 8.29. The summed E-state index contributed by atoms with van der Waals surface area (Å²) in [6.45, 7) is 3.87. The molecule has 0 bridgehead atoms. The topological polar surface area (TPSA) is 69.0 Å². The molecule has 160 valence electrons. The van der Waals surface area contributed by atoms with Crippen molar-refractivity contribution >= 4 is 39.6 Å². The van der Waals surface area contributed by atoms with Gasteiger partial charge in [-0.15, -0.1) is 5.10 Å². The normalized spacial score (nSPS) is 15.4. The van der Waals surface area contributed by atoms with Crippen molar-refractivity contribution in [1.29, 1.82) is 0 Å². The van der Waals surface area contributed by atoms with Gasteiger partial charge in [-0.1, -0.05) is 58.0 Å². The Morgan fingerprint density at radius 2 is 2.00 bits per heavy atom. The lowest BCUT2D eigenvalue weighted by molar-refractivity contribution is -0.139. The summed E-state index contributed by atoms with van der Waals surface area (Å²) in [4.78, 5) is 17.4. The van der Waals surface area contributed by atoms with E-state index in [1.165, 1.54) is 17.8 Å². The van der Waals surface area contributed by atoms with Crippen LogP contribution in [0.25, 0.3) is 0 Å². The number of nitrogens with zero attached hydrogens (tertiary/aromatic N) is 3. The van der Waals surface area contributed by atoms with E-state index >= 15 is 0 Å². The molecule has 0 saturated carbocycles. The lowest BCUT2D eigenvalue weighted by Gasteiger charge is -2.28. The van der Waals surface area contributed by atoms with Gasteiger partial charge in [0.2, 0.25) is 11.1 Å². The molecule has 0 spiro atoms. The third-order valence-electron chi connectivity index (χ3n) is 4.83. The van der Waals surface area contributed by atoms with E-state index in [-0.39, 0.29) is 12.4 Å². The third-order valence-corrected chi connectivity index (χ3v) is 6.24. The maximum Gasteiger partial charge on any atom is 0.338 e. The number of hydrogen-bond donors (Lipinski definition) is 1. The number of halogens is 2. The highest BCUT2D eigenvalue weighted by Crippen LogP contribution is 2.37. The molecule has 1 N–H and O–H groups in total. The molecule has 2 heterocycles. The van der Waals surface area contributed by atoms with E-state index in [2.05, 4.69) is 31.3 Å². The van der Waals surface area contributed by atoms with E-state index in [0.29, 0.717) is 33.7 Å². The SMILES string of the molecule is CCOC(=O)C1=C(C)Nc2nc(SCc3ccccc3F)nn2[C@@H]1c1ccc(Br)cc1. The number of thioether (sulfide) groups is 1. The first-order chi connectivity index (χ1) is 15.0. The summed E-state index contributed by atoms with van der Waals surface area (Å²) in [6.07, 6.45) is 0. The molecule has 3 aromatic rings. The van der Waals surface area contributed by atoms with Gasteiger partial charge in [-0.3, -0.25) is 0 Å². The highest BCUT2D eigenvalue weighted by molar-refractivity contribution is 9.10. The van der Waals surface area contributed by atoms with Crippen molar-refractivity contribution in [3.8, 4) is 0 Å². The zero-order valence-corrected chi connectivity index (χ0v) is 19.3. The van der Waals surface area contributed by atoms with Crippen molar-refractivity contribution < 1.29 is 13.9 Å². The molecule has 6 nitrogen and oxygen atoms in total. The molecule has 31 heavy (non-hydrogen) atoms. The zero-order valence-electron chi connectivity index (χ0n) is 16.9. The fraction of sp³-hybridized carbons (Fsp3) is 0.227. The molecule has 0 amide bonds. The average Bonchev–Trinajstić information content (AvgIpc) is 3.15. The number of anilines is 1. The number of allylic oxidation sites excluding steroid dienone is 1. The van der Waals surface area contributed by atoms with Gasteiger partial charge < -0.3 is 10.1 Å². The molecule has 0 fully saturated rings. The van der Waals surface area contributed by atoms with E-state index in [0.717, 1.165) is 10.0 Å². The van der Waals surface area contributed by atoms with E-state index in [1.54, 1.807) is 29.8 Å². The second kappa shape index (κ2) is 9.23. The van der Waals surface area contributed by atoms with Gasteiger partial charge >= 0.3 is 5.97 Å². The molecule has 1 aliphatic heterocycles. The summed E-state index contributed by atoms with van der Waals surface area (Å²) in [5.74, 6) is 0.263. The average molecular weight is 503 g/mol. The van der Waals surface area contributed by atoms with Crippen LogP contribution in [0.2, 0.25) is 0 Å². The molecule has 9 heteroatoms. The lowest BCUT2D eigenvalue weighted by Crippen LogP contribution is -2.29. The second-order valence-electron chi connectivity index (χ2n) is 6.88. The summed E-state index contributed by atoms with van der Waals surface area (Å²) < 4.78 is 21.9. The van der Waals surface area contributed by atoms with Crippen LogP contribution in [0, 0.1) is 5.82 Å². The number of esters is 1. The van der Waals surface area contributed by atoms with Crippen LogP contribution in [0.3, 0.4) is 0 Å². The Hall–Kier alpha value is -2.65. The zero-order chi connectivity index (χ0) is 22.0. The summed E-state index contributed by atoms with van der Waals surface area (Å²) >= 11 is 4.79. The van der Waals surface area contributed by atoms with Crippen molar-refractivity contribution in [2.45, 2.75) is 30.8 Å². The fourth-order valence-electron chi connectivity index (χ4n) is 3.38. The van der Waals surface area contributed by atoms with Crippen LogP contribution in [-0.2, 0) is 15.3 Å². The Morgan fingerprint density at radius 3 is 2.71 bits per heavy atom. The molecule has 0 aliphatic carbocycles. The lowest BCUT2D eigenvalue weighted by atomic mass is 9.96. The number of ether oxygens (including phenoxy) is 1. The Morgan fingerprint density at radius 1 is 1.26 bits per heavy atom. The van der Waals surface area contributed by atoms with E-state index in [4.69, 9.17) is 4.74 Å². The highest BCUT2D eigenvalue weighted by Gasteiger charge is 2.35. The number of aromatic nitrogens is 3. The van der Waals surface area contributed by atoms with Gasteiger partial charge in [-0.25, -0.2) is 13.9 Å². The van der Waals surface area contributed by atoms with Gasteiger partial charge in [0.1, 0.15) is 11.9 Å². The largest absolute Gasteiger partial charge is 0.463 e. The Bertz CT molecular complexity index is 1150. The highest BCUT2D eigenvalue weighted by atomic mass is 79.9. The minimum absolute atomic E-state index is 0.257. The number of nitrogens with one attached hydrogen (secondary N) is 1. The van der Waals surface area contributed by atoms with Gasteiger partial charge in [0.25, 0.3) is 0 Å². The van der Waals surface area contributed by atoms with Crippen molar-refractivity contribution in [2.24, 2.45) is 0 Å². The first kappa shape index (κ1) is 21.6. The van der Waals surface area contributed by atoms with Crippen LogP contribution < -0.4 is 5.32 Å². The minimum atomic E-state index is -0.487. The number of carbonyl (C=O) groups excluding carboxylic acids is 1. The van der Waals surface area contributed by atoms with Gasteiger partial charge in [0.05, 0.1) is 12.2 Å². The van der Waals surface area contributed by atoms with Crippen molar-refractivity contribution in [3.63, 3.8) is 0 Å². The molecule has 4 rings (SSSR count). The van der Waals surface area contributed by atoms with Gasteiger partial charge in [-0.05, 0) is 43.2 Å². The number of hydrogen-bond acceptors (Lipinski definition) is 6. The molecule has 1 aliphatic rings. The molecular formula is C22H20BrFN4O2S. The van der Waals surface area contributed by atoms with Gasteiger partial charge in [-0.2, -0.15) is 4.98 Å². The van der Waals surface area contributed by atoms with E-state index in [9.17, 15) is 9.18 Å². The molecule has 2 aromatic carbocycles. The molecular weight excluding hydrogens is 483 g/mol. The number of carbonyl (C=O) groups is 1. The van der Waals surface area contributed by atoms with Crippen LogP contribution in [-0.4, -0.2) is 27.3 Å². The Labute approximate surface area is 192 Å². The maximum absolute atomic E-state index is 14.0. The third kappa shape index (κ3) is 4.52. The number of rotatable bonds is 6. The summed E-state index contributed by atoms with van der Waals surface area (Å²) in [5.41, 5.74) is 2.60. The quantitative estimate of drug-likeness (QED) is 0.363. The van der Waals surface area contributed by atoms with Crippen LogP contribution in [0.4, 0.5) is 10.3 Å². The fourth-order valence-corrected chi connectivity index (χ4v) is 4.46. The predicted molar refractivity (Wildman–Crippen MR) is 121 cm³/mol. The molecule has 1 atom stereocenters. The monoisotopic (exact) mass is 502 g/mol. The Kier molecular flexibility index (Phi) is 6.43. The van der Waals surface area contributed by atoms with Gasteiger partial charge in [0.15, 0.2) is 0 Å². The standard InChI is InChI=1S/C22H20BrFN4O2S/c1-3-30-20(29)18-13(2)25-21-26-22(31-12-15-6-4-5-7-17(15)24)27-28(21)19(18)14-8-10-16(23)11-9-14/h4-11,19H,3,12H2,1-2H3,(H,25,26,27)/t19-/m1/s1. The number of fused-ring (bicyclic) bond motifs is 1. The predicted octanol–water partition coefficient (Wildman–Crippen LogP) is 5.32. The smallest absolute Gasteiger partial charge is 0.338 e. The van der Waals surface area contributed by atoms with Crippen molar-refractivity contribution in [2.75, 3.05) is 11.9 Å². The number of benzene rings is 2. The van der Waals surface area contributed by atoms with Crippen LogP contribution >= 0.6 is 27.7 Å². The first-order valence-corrected chi connectivity index (χ1v) is 11.5. The van der Waals surface area contributed by atoms with Crippen LogP contribution in [0.5, 0.6) is 0 Å². The molecule has 0 radical (unpaired) electrons. The molecule has 0 saturated heterocycles. The summed E-state index contributed by atoms with van der Waals surface area (Å²) in [7, 11) is 0. The van der Waals surface area contributed by atoms with E-state index in [1.807, 2.05) is 31.2 Å². The summed E-state index contributed by atoms with van der Waals surface area (Å²) in [6, 6.07) is 13.9. The minimum Gasteiger partial charge on any atom is -0.463 e. The second-order valence-corrected chi connectivity index (χ2v) is 8.74. The first-order valence-electron chi connectivity index (χ1n) is 9.71. The van der Waals surface area contributed by atoms with Crippen LogP contribution in [0.15, 0.2) is 69.4 Å². The van der Waals surface area contributed by atoms with E-state index < -0.39 is 12.0 Å². The maximum atomic E-state index is 14.0. The van der Waals surface area contributed by atoms with Crippen molar-refractivity contribution in [3.05, 3.63) is 81.2 Å². The van der Waals surface area contributed by atoms with Gasteiger partial charge in [0, 0.05) is 15.9 Å².